The van der Waals surface area contributed by atoms with Crippen molar-refractivity contribution in [1.82, 2.24) is 14.9 Å². The average molecular weight is 420 g/mol. The van der Waals surface area contributed by atoms with Crippen LogP contribution in [0.1, 0.15) is 54.6 Å². The molecule has 2 aliphatic heterocycles. The monoisotopic (exact) mass is 419 g/mol. The first-order chi connectivity index (χ1) is 15.2. The standard InChI is InChI=1S/C25H29N3O3/c1-2-30-19-15-22(18-7-4-3-5-8-18)31-25(16-19)10-13-28(14-11-25)24(29)21-17-27-23-20(21)9-6-12-26-23/h3-9,12,17,19,22H,2,10-11,13-16H2,1H3,(H,26,27). The summed E-state index contributed by atoms with van der Waals surface area (Å²) in [5.74, 6) is 0.0610. The molecule has 1 aromatic carbocycles. The van der Waals surface area contributed by atoms with Gasteiger partial charge in [0.15, 0.2) is 0 Å². The minimum atomic E-state index is -0.239. The third kappa shape index (κ3) is 3.98. The number of H-pyrrole nitrogens is 1. The summed E-state index contributed by atoms with van der Waals surface area (Å²) in [6, 6.07) is 14.2. The molecule has 0 radical (unpaired) electrons. The van der Waals surface area contributed by atoms with Crippen LogP contribution in [0.5, 0.6) is 0 Å². The number of carbonyl (C=O) groups is 1. The zero-order chi connectivity index (χ0) is 21.3. The Kier molecular flexibility index (Phi) is 5.50. The summed E-state index contributed by atoms with van der Waals surface area (Å²) in [5, 5.41) is 0.877. The Hall–Kier alpha value is -2.70. The highest BCUT2D eigenvalue weighted by atomic mass is 16.5. The van der Waals surface area contributed by atoms with Crippen molar-refractivity contribution in [2.75, 3.05) is 19.7 Å². The van der Waals surface area contributed by atoms with Gasteiger partial charge in [-0.1, -0.05) is 30.3 Å². The fourth-order valence-corrected chi connectivity index (χ4v) is 5.11. The van der Waals surface area contributed by atoms with Gasteiger partial charge in [0.2, 0.25) is 0 Å². The van der Waals surface area contributed by atoms with Crippen LogP contribution in [0.2, 0.25) is 0 Å². The van der Waals surface area contributed by atoms with E-state index in [-0.39, 0.29) is 23.7 Å². The molecule has 3 aromatic rings. The normalized spacial score (nSPS) is 23.3. The summed E-state index contributed by atoms with van der Waals surface area (Å²) in [5.41, 5.74) is 2.41. The fraction of sp³-hybridized carbons (Fsp3) is 0.440. The highest BCUT2D eigenvalue weighted by Crippen LogP contribution is 2.44. The smallest absolute Gasteiger partial charge is 0.256 e. The Bertz CT molecular complexity index is 1040. The molecular formula is C25H29N3O3. The number of hydrogen-bond acceptors (Lipinski definition) is 4. The predicted molar refractivity (Wildman–Crippen MR) is 119 cm³/mol. The minimum Gasteiger partial charge on any atom is -0.378 e. The Labute approximate surface area is 182 Å². The second kappa shape index (κ2) is 8.44. The quantitative estimate of drug-likeness (QED) is 0.676. The van der Waals surface area contributed by atoms with E-state index < -0.39 is 0 Å². The average Bonchev–Trinajstić information content (AvgIpc) is 3.24. The van der Waals surface area contributed by atoms with Crippen molar-refractivity contribution in [3.8, 4) is 0 Å². The van der Waals surface area contributed by atoms with E-state index in [2.05, 4.69) is 41.2 Å². The van der Waals surface area contributed by atoms with E-state index in [0.29, 0.717) is 25.3 Å². The number of nitrogens with one attached hydrogen (secondary N) is 1. The fourth-order valence-electron chi connectivity index (χ4n) is 5.11. The van der Waals surface area contributed by atoms with Crippen LogP contribution in [0.25, 0.3) is 11.0 Å². The van der Waals surface area contributed by atoms with E-state index in [0.717, 1.165) is 36.7 Å². The zero-order valence-corrected chi connectivity index (χ0v) is 17.9. The van der Waals surface area contributed by atoms with E-state index in [9.17, 15) is 4.79 Å². The number of rotatable bonds is 4. The number of aromatic nitrogens is 2. The van der Waals surface area contributed by atoms with Crippen LogP contribution in [0.15, 0.2) is 54.9 Å². The molecule has 6 nitrogen and oxygen atoms in total. The molecule has 1 N–H and O–H groups in total. The van der Waals surface area contributed by atoms with Crippen LogP contribution in [0, 0.1) is 0 Å². The van der Waals surface area contributed by atoms with E-state index in [1.807, 2.05) is 23.1 Å². The third-order valence-corrected chi connectivity index (χ3v) is 6.69. The summed E-state index contributed by atoms with van der Waals surface area (Å²) in [4.78, 5) is 22.6. The SMILES string of the molecule is CCOC1CC(c2ccccc2)OC2(CCN(C(=O)c3c[nH]c4ncccc34)CC2)C1. The first-order valence-corrected chi connectivity index (χ1v) is 11.2. The van der Waals surface area contributed by atoms with Crippen molar-refractivity contribution in [3.05, 3.63) is 66.0 Å². The summed E-state index contributed by atoms with van der Waals surface area (Å²) >= 11 is 0. The lowest BCUT2D eigenvalue weighted by Crippen LogP contribution is -2.52. The molecule has 2 unspecified atom stereocenters. The van der Waals surface area contributed by atoms with Crippen molar-refractivity contribution in [2.45, 2.75) is 50.4 Å². The molecular weight excluding hydrogens is 390 g/mol. The molecule has 5 rings (SSSR count). The van der Waals surface area contributed by atoms with E-state index in [4.69, 9.17) is 9.47 Å². The number of nitrogens with zero attached hydrogens (tertiary/aromatic N) is 2. The first-order valence-electron chi connectivity index (χ1n) is 11.2. The van der Waals surface area contributed by atoms with Gasteiger partial charge in [0.25, 0.3) is 5.91 Å². The van der Waals surface area contributed by atoms with E-state index in [1.165, 1.54) is 5.56 Å². The topological polar surface area (TPSA) is 67.5 Å². The molecule has 1 spiro atoms. The number of fused-ring (bicyclic) bond motifs is 1. The number of ether oxygens (including phenoxy) is 2. The molecule has 2 aliphatic rings. The van der Waals surface area contributed by atoms with Gasteiger partial charge in [0.1, 0.15) is 5.65 Å². The molecule has 0 saturated carbocycles. The second-order valence-corrected chi connectivity index (χ2v) is 8.61. The molecule has 2 atom stereocenters. The lowest BCUT2D eigenvalue weighted by molar-refractivity contribution is -0.190. The van der Waals surface area contributed by atoms with Gasteiger partial charge in [-0.15, -0.1) is 0 Å². The third-order valence-electron chi connectivity index (χ3n) is 6.69. The summed E-state index contributed by atoms with van der Waals surface area (Å²) in [6.45, 7) is 4.14. The number of benzene rings is 1. The van der Waals surface area contributed by atoms with Gasteiger partial charge in [-0.05, 0) is 37.5 Å². The maximum absolute atomic E-state index is 13.2. The van der Waals surface area contributed by atoms with E-state index >= 15 is 0 Å². The summed E-state index contributed by atoms with van der Waals surface area (Å²) in [6.07, 6.45) is 7.15. The molecule has 2 fully saturated rings. The van der Waals surface area contributed by atoms with Gasteiger partial charge in [-0.3, -0.25) is 4.79 Å². The van der Waals surface area contributed by atoms with Crippen molar-refractivity contribution in [3.63, 3.8) is 0 Å². The number of pyridine rings is 1. The molecule has 0 bridgehead atoms. The Morgan fingerprint density at radius 2 is 2.03 bits per heavy atom. The van der Waals surface area contributed by atoms with Crippen LogP contribution in [-0.2, 0) is 9.47 Å². The number of carbonyl (C=O) groups excluding carboxylic acids is 1. The molecule has 4 heterocycles. The molecule has 0 aliphatic carbocycles. The number of piperidine rings is 1. The Morgan fingerprint density at radius 3 is 2.81 bits per heavy atom. The van der Waals surface area contributed by atoms with Crippen molar-refractivity contribution in [2.24, 2.45) is 0 Å². The second-order valence-electron chi connectivity index (χ2n) is 8.61. The van der Waals surface area contributed by atoms with Crippen LogP contribution in [-0.4, -0.2) is 52.2 Å². The van der Waals surface area contributed by atoms with E-state index in [1.54, 1.807) is 12.4 Å². The maximum atomic E-state index is 13.2. The Balaban J connectivity index is 1.32. The maximum Gasteiger partial charge on any atom is 0.256 e. The van der Waals surface area contributed by atoms with Crippen LogP contribution in [0.3, 0.4) is 0 Å². The number of aromatic amines is 1. The largest absolute Gasteiger partial charge is 0.378 e. The molecule has 1 amide bonds. The molecule has 31 heavy (non-hydrogen) atoms. The lowest BCUT2D eigenvalue weighted by atomic mass is 9.80. The zero-order valence-electron chi connectivity index (χ0n) is 17.9. The van der Waals surface area contributed by atoms with Crippen molar-refractivity contribution < 1.29 is 14.3 Å². The lowest BCUT2D eigenvalue weighted by Gasteiger charge is -2.48. The highest BCUT2D eigenvalue weighted by Gasteiger charge is 2.45. The van der Waals surface area contributed by atoms with Crippen LogP contribution < -0.4 is 0 Å². The van der Waals surface area contributed by atoms with Crippen molar-refractivity contribution in [1.29, 1.82) is 0 Å². The highest BCUT2D eigenvalue weighted by molar-refractivity contribution is 6.05. The predicted octanol–water partition coefficient (Wildman–Crippen LogP) is 4.49. The Morgan fingerprint density at radius 1 is 1.23 bits per heavy atom. The number of likely N-dealkylation sites (tertiary alicyclic amines) is 1. The molecule has 6 heteroatoms. The summed E-state index contributed by atoms with van der Waals surface area (Å²) < 4.78 is 12.8. The van der Waals surface area contributed by atoms with Crippen molar-refractivity contribution >= 4 is 16.9 Å². The van der Waals surface area contributed by atoms with Gasteiger partial charge in [0, 0.05) is 50.3 Å². The number of amides is 1. The number of hydrogen-bond donors (Lipinski definition) is 1. The van der Waals surface area contributed by atoms with Gasteiger partial charge in [0.05, 0.1) is 23.4 Å². The van der Waals surface area contributed by atoms with Gasteiger partial charge in [-0.25, -0.2) is 4.98 Å². The van der Waals surface area contributed by atoms with Crippen LogP contribution in [0.4, 0.5) is 0 Å². The van der Waals surface area contributed by atoms with Gasteiger partial charge >= 0.3 is 0 Å². The van der Waals surface area contributed by atoms with Crippen LogP contribution >= 0.6 is 0 Å². The summed E-state index contributed by atoms with van der Waals surface area (Å²) in [7, 11) is 0. The molecule has 2 aromatic heterocycles. The first kappa shape index (κ1) is 20.2. The molecule has 162 valence electrons. The molecule has 2 saturated heterocycles. The van der Waals surface area contributed by atoms with Gasteiger partial charge in [-0.2, -0.15) is 0 Å². The van der Waals surface area contributed by atoms with Gasteiger partial charge < -0.3 is 19.4 Å². The minimum absolute atomic E-state index is 0.0356.